The Morgan fingerprint density at radius 2 is 2.24 bits per heavy atom. The van der Waals surface area contributed by atoms with Crippen LogP contribution in [-0.2, 0) is 4.74 Å². The van der Waals surface area contributed by atoms with Gasteiger partial charge in [-0.15, -0.1) is 0 Å². The molecule has 1 aromatic heterocycles. The molecule has 0 radical (unpaired) electrons. The van der Waals surface area contributed by atoms with Gasteiger partial charge in [0.05, 0.1) is 7.11 Å². The molecule has 0 aliphatic heterocycles. The molecule has 1 N–H and O–H groups in total. The third kappa shape index (κ3) is 2.72. The molecule has 0 unspecified atom stereocenters. The standard InChI is InChI=1S/C11H15ClN2O2S/c1-11(2,6-4-5-6)14-10-13-8(12)7(17-10)9(15)16-3/h6H,4-5H2,1-3H3,(H,13,14). The lowest BCUT2D eigenvalue weighted by Gasteiger charge is -2.25. The van der Waals surface area contributed by atoms with Gasteiger partial charge in [-0.05, 0) is 32.6 Å². The average Bonchev–Trinajstić information content (AvgIpc) is 3.04. The molecule has 0 saturated heterocycles. The first-order valence-corrected chi connectivity index (χ1v) is 6.66. The fourth-order valence-corrected chi connectivity index (χ4v) is 3.02. The van der Waals surface area contributed by atoms with E-state index < -0.39 is 5.97 Å². The van der Waals surface area contributed by atoms with Gasteiger partial charge in [-0.1, -0.05) is 22.9 Å². The molecule has 4 nitrogen and oxygen atoms in total. The predicted octanol–water partition coefficient (Wildman–Crippen LogP) is 3.18. The number of hydrogen-bond acceptors (Lipinski definition) is 5. The Hall–Kier alpha value is -0.810. The van der Waals surface area contributed by atoms with Crippen LogP contribution in [0.25, 0.3) is 0 Å². The summed E-state index contributed by atoms with van der Waals surface area (Å²) >= 11 is 7.14. The van der Waals surface area contributed by atoms with Crippen LogP contribution in [0.15, 0.2) is 0 Å². The number of halogens is 1. The highest BCUT2D eigenvalue weighted by Crippen LogP contribution is 2.42. The summed E-state index contributed by atoms with van der Waals surface area (Å²) < 4.78 is 4.64. The molecule has 2 rings (SSSR count). The summed E-state index contributed by atoms with van der Waals surface area (Å²) in [5, 5.41) is 4.21. The predicted molar refractivity (Wildman–Crippen MR) is 68.9 cm³/mol. The Kier molecular flexibility index (Phi) is 3.32. The van der Waals surface area contributed by atoms with Gasteiger partial charge >= 0.3 is 5.97 Å². The maximum absolute atomic E-state index is 11.4. The van der Waals surface area contributed by atoms with Crippen LogP contribution in [-0.4, -0.2) is 23.6 Å². The summed E-state index contributed by atoms with van der Waals surface area (Å²) in [6.45, 7) is 4.27. The number of nitrogens with one attached hydrogen (secondary N) is 1. The first kappa shape index (κ1) is 12.6. The van der Waals surface area contributed by atoms with E-state index in [-0.39, 0.29) is 10.7 Å². The van der Waals surface area contributed by atoms with Crippen LogP contribution in [0.1, 0.15) is 36.4 Å². The van der Waals surface area contributed by atoms with Crippen molar-refractivity contribution in [1.29, 1.82) is 0 Å². The first-order chi connectivity index (χ1) is 7.94. The number of nitrogens with zero attached hydrogens (tertiary/aromatic N) is 1. The van der Waals surface area contributed by atoms with E-state index in [9.17, 15) is 4.79 Å². The zero-order valence-corrected chi connectivity index (χ0v) is 11.6. The van der Waals surface area contributed by atoms with Crippen LogP contribution in [0.4, 0.5) is 5.13 Å². The molecule has 0 bridgehead atoms. The molecule has 94 valence electrons. The molecule has 6 heteroatoms. The molecule has 1 saturated carbocycles. The van der Waals surface area contributed by atoms with Crippen molar-refractivity contribution in [2.45, 2.75) is 32.2 Å². The van der Waals surface area contributed by atoms with E-state index in [0.717, 1.165) is 0 Å². The van der Waals surface area contributed by atoms with E-state index in [1.54, 1.807) is 0 Å². The zero-order chi connectivity index (χ0) is 12.6. The summed E-state index contributed by atoms with van der Waals surface area (Å²) in [4.78, 5) is 15.9. The lowest BCUT2D eigenvalue weighted by molar-refractivity contribution is 0.0606. The number of carbonyl (C=O) groups excluding carboxylic acids is 1. The number of methoxy groups -OCH3 is 1. The summed E-state index contributed by atoms with van der Waals surface area (Å²) in [7, 11) is 1.33. The molecule has 1 aliphatic rings. The lowest BCUT2D eigenvalue weighted by Crippen LogP contribution is -2.33. The number of aromatic nitrogens is 1. The SMILES string of the molecule is COC(=O)c1sc(NC(C)(C)C2CC2)nc1Cl. The fraction of sp³-hybridized carbons (Fsp3) is 0.636. The molecule has 0 amide bonds. The second kappa shape index (κ2) is 4.46. The van der Waals surface area contributed by atoms with Gasteiger partial charge in [-0.25, -0.2) is 9.78 Å². The average molecular weight is 275 g/mol. The van der Waals surface area contributed by atoms with Gasteiger partial charge < -0.3 is 10.1 Å². The summed E-state index contributed by atoms with van der Waals surface area (Å²) in [6.07, 6.45) is 2.48. The third-order valence-corrected chi connectivity index (χ3v) is 4.32. The molecular formula is C11H15ClN2O2S. The van der Waals surface area contributed by atoms with Gasteiger partial charge in [0.1, 0.15) is 0 Å². The molecular weight excluding hydrogens is 260 g/mol. The van der Waals surface area contributed by atoms with Crippen molar-refractivity contribution in [2.24, 2.45) is 5.92 Å². The molecule has 1 heterocycles. The van der Waals surface area contributed by atoms with E-state index in [0.29, 0.717) is 15.9 Å². The fourth-order valence-electron chi connectivity index (χ4n) is 1.76. The van der Waals surface area contributed by atoms with E-state index in [2.05, 4.69) is 28.9 Å². The molecule has 1 aromatic rings. The minimum atomic E-state index is -0.440. The Bertz CT molecular complexity index is 441. The van der Waals surface area contributed by atoms with Crippen molar-refractivity contribution < 1.29 is 9.53 Å². The molecule has 0 spiro atoms. The highest BCUT2D eigenvalue weighted by Gasteiger charge is 2.38. The van der Waals surface area contributed by atoms with E-state index in [1.165, 1.54) is 31.3 Å². The maximum Gasteiger partial charge on any atom is 0.351 e. The number of esters is 1. The largest absolute Gasteiger partial charge is 0.465 e. The smallest absolute Gasteiger partial charge is 0.351 e. The van der Waals surface area contributed by atoms with Crippen molar-refractivity contribution in [3.05, 3.63) is 10.0 Å². The highest BCUT2D eigenvalue weighted by atomic mass is 35.5. The summed E-state index contributed by atoms with van der Waals surface area (Å²) in [5.41, 5.74) is -0.00539. The topological polar surface area (TPSA) is 51.2 Å². The Labute approximate surface area is 109 Å². The second-order valence-corrected chi connectivity index (χ2v) is 6.11. The second-order valence-electron chi connectivity index (χ2n) is 4.75. The van der Waals surface area contributed by atoms with Crippen molar-refractivity contribution in [1.82, 2.24) is 4.98 Å². The van der Waals surface area contributed by atoms with Crippen molar-refractivity contribution in [3.63, 3.8) is 0 Å². The van der Waals surface area contributed by atoms with Crippen LogP contribution in [0.2, 0.25) is 5.15 Å². The minimum absolute atomic E-state index is 0.00539. The van der Waals surface area contributed by atoms with Crippen molar-refractivity contribution in [2.75, 3.05) is 12.4 Å². The van der Waals surface area contributed by atoms with Gasteiger partial charge in [0.2, 0.25) is 0 Å². The highest BCUT2D eigenvalue weighted by molar-refractivity contribution is 7.18. The van der Waals surface area contributed by atoms with Crippen LogP contribution >= 0.6 is 22.9 Å². The van der Waals surface area contributed by atoms with Crippen molar-refractivity contribution in [3.8, 4) is 0 Å². The molecule has 1 fully saturated rings. The minimum Gasteiger partial charge on any atom is -0.465 e. The van der Waals surface area contributed by atoms with Gasteiger partial charge in [-0.3, -0.25) is 0 Å². The van der Waals surface area contributed by atoms with Gasteiger partial charge in [0.25, 0.3) is 0 Å². The summed E-state index contributed by atoms with van der Waals surface area (Å²) in [6, 6.07) is 0. The molecule has 17 heavy (non-hydrogen) atoms. The molecule has 0 aromatic carbocycles. The van der Waals surface area contributed by atoms with Crippen LogP contribution in [0, 0.1) is 5.92 Å². The van der Waals surface area contributed by atoms with E-state index in [1.807, 2.05) is 0 Å². The Morgan fingerprint density at radius 1 is 1.59 bits per heavy atom. The number of rotatable bonds is 4. The Morgan fingerprint density at radius 3 is 2.76 bits per heavy atom. The summed E-state index contributed by atoms with van der Waals surface area (Å²) in [5.74, 6) is 0.233. The van der Waals surface area contributed by atoms with Gasteiger partial charge in [-0.2, -0.15) is 0 Å². The van der Waals surface area contributed by atoms with E-state index in [4.69, 9.17) is 11.6 Å². The molecule has 1 aliphatic carbocycles. The van der Waals surface area contributed by atoms with Crippen LogP contribution in [0.3, 0.4) is 0 Å². The quantitative estimate of drug-likeness (QED) is 0.857. The van der Waals surface area contributed by atoms with E-state index >= 15 is 0 Å². The first-order valence-electron chi connectivity index (χ1n) is 5.47. The third-order valence-electron chi connectivity index (χ3n) is 2.98. The van der Waals surface area contributed by atoms with Crippen LogP contribution in [0.5, 0.6) is 0 Å². The normalized spacial score (nSPS) is 15.8. The number of anilines is 1. The monoisotopic (exact) mass is 274 g/mol. The number of thiazole rings is 1. The van der Waals surface area contributed by atoms with Crippen LogP contribution < -0.4 is 5.32 Å². The number of hydrogen-bond donors (Lipinski definition) is 1. The van der Waals surface area contributed by atoms with Crippen molar-refractivity contribution >= 4 is 34.0 Å². The maximum atomic E-state index is 11.4. The molecule has 0 atom stereocenters. The lowest BCUT2D eigenvalue weighted by atomic mass is 9.99. The number of carbonyl (C=O) groups is 1. The van der Waals surface area contributed by atoms with Gasteiger partial charge in [0, 0.05) is 5.54 Å². The Balaban J connectivity index is 2.14. The number of ether oxygens (including phenoxy) is 1. The van der Waals surface area contributed by atoms with Gasteiger partial charge in [0.15, 0.2) is 15.2 Å². The zero-order valence-electron chi connectivity index (χ0n) is 10.0.